The summed E-state index contributed by atoms with van der Waals surface area (Å²) in [5, 5.41) is 0. The summed E-state index contributed by atoms with van der Waals surface area (Å²) in [5.74, 6) is 1.77. The van der Waals surface area contributed by atoms with Gasteiger partial charge in [-0.15, -0.1) is 0 Å². The highest BCUT2D eigenvalue weighted by Gasteiger charge is 2.07. The Morgan fingerprint density at radius 3 is 2.30 bits per heavy atom. The molecule has 0 amide bonds. The van der Waals surface area contributed by atoms with Crippen LogP contribution < -0.4 is 10.5 Å². The summed E-state index contributed by atoms with van der Waals surface area (Å²) in [6.07, 6.45) is 0.855. The molecule has 0 bridgehead atoms. The summed E-state index contributed by atoms with van der Waals surface area (Å²) in [6.45, 7) is 6.11. The van der Waals surface area contributed by atoms with E-state index in [0.29, 0.717) is 0 Å². The zero-order chi connectivity index (χ0) is 14.7. The third kappa shape index (κ3) is 3.84. The number of nitrogens with two attached hydrogens (primary N) is 1. The van der Waals surface area contributed by atoms with Crippen LogP contribution in [0.15, 0.2) is 40.9 Å². The number of benzene rings is 2. The molecule has 106 valence electrons. The van der Waals surface area contributed by atoms with Crippen molar-refractivity contribution in [2.45, 2.75) is 33.2 Å². The average molecular weight is 334 g/mol. The average Bonchev–Trinajstić information content (AvgIpc) is 2.37. The molecule has 0 aromatic heterocycles. The van der Waals surface area contributed by atoms with Crippen LogP contribution in [-0.2, 0) is 6.42 Å². The van der Waals surface area contributed by atoms with E-state index in [2.05, 4.69) is 41.1 Å². The van der Waals surface area contributed by atoms with Gasteiger partial charge < -0.3 is 10.5 Å². The standard InChI is InChI=1S/C17H20BrNO/c1-11-4-6-14(8-13(3)19)9-16(11)20-17-10-15(18)7-5-12(17)2/h4-7,9-10,13H,8,19H2,1-3H3. The Balaban J connectivity index is 2.30. The van der Waals surface area contributed by atoms with Crippen LogP contribution in [0.5, 0.6) is 11.5 Å². The monoisotopic (exact) mass is 333 g/mol. The van der Waals surface area contributed by atoms with Gasteiger partial charge in [-0.1, -0.05) is 34.1 Å². The highest BCUT2D eigenvalue weighted by atomic mass is 79.9. The lowest BCUT2D eigenvalue weighted by atomic mass is 10.1. The van der Waals surface area contributed by atoms with Gasteiger partial charge in [0.25, 0.3) is 0 Å². The van der Waals surface area contributed by atoms with Crippen LogP contribution in [0.1, 0.15) is 23.6 Å². The number of aryl methyl sites for hydroxylation is 2. The molecule has 0 saturated carbocycles. The van der Waals surface area contributed by atoms with Crippen LogP contribution in [0.2, 0.25) is 0 Å². The van der Waals surface area contributed by atoms with Crippen molar-refractivity contribution in [1.29, 1.82) is 0 Å². The van der Waals surface area contributed by atoms with E-state index in [9.17, 15) is 0 Å². The van der Waals surface area contributed by atoms with E-state index in [1.54, 1.807) is 0 Å². The van der Waals surface area contributed by atoms with Crippen molar-refractivity contribution in [3.8, 4) is 11.5 Å². The molecule has 0 fully saturated rings. The Kier molecular flexibility index (Phi) is 4.84. The van der Waals surface area contributed by atoms with Crippen molar-refractivity contribution >= 4 is 15.9 Å². The van der Waals surface area contributed by atoms with Gasteiger partial charge in [-0.3, -0.25) is 0 Å². The topological polar surface area (TPSA) is 35.2 Å². The van der Waals surface area contributed by atoms with Crippen molar-refractivity contribution in [2.75, 3.05) is 0 Å². The van der Waals surface area contributed by atoms with Crippen LogP contribution in [-0.4, -0.2) is 6.04 Å². The highest BCUT2D eigenvalue weighted by Crippen LogP contribution is 2.30. The molecule has 0 heterocycles. The first-order chi connectivity index (χ1) is 9.45. The maximum atomic E-state index is 6.07. The van der Waals surface area contributed by atoms with Gasteiger partial charge in [0, 0.05) is 10.5 Å². The van der Waals surface area contributed by atoms with Crippen molar-refractivity contribution in [2.24, 2.45) is 5.73 Å². The fraction of sp³-hybridized carbons (Fsp3) is 0.294. The normalized spacial score (nSPS) is 12.2. The number of hydrogen-bond acceptors (Lipinski definition) is 2. The molecule has 0 aliphatic carbocycles. The molecule has 2 aromatic rings. The Morgan fingerprint density at radius 2 is 1.65 bits per heavy atom. The first kappa shape index (κ1) is 15.1. The van der Waals surface area contributed by atoms with Gasteiger partial charge in [0.2, 0.25) is 0 Å². The SMILES string of the molecule is Cc1ccc(Br)cc1Oc1cc(CC(C)N)ccc1C. The molecule has 0 radical (unpaired) electrons. The summed E-state index contributed by atoms with van der Waals surface area (Å²) in [5.41, 5.74) is 9.30. The lowest BCUT2D eigenvalue weighted by Crippen LogP contribution is -2.17. The molecule has 3 heteroatoms. The van der Waals surface area contributed by atoms with Crippen molar-refractivity contribution in [3.63, 3.8) is 0 Å². The molecule has 1 unspecified atom stereocenters. The fourth-order valence-corrected chi connectivity index (χ4v) is 2.40. The first-order valence-corrected chi connectivity index (χ1v) is 7.54. The summed E-state index contributed by atoms with van der Waals surface area (Å²) in [4.78, 5) is 0. The first-order valence-electron chi connectivity index (χ1n) is 6.75. The zero-order valence-electron chi connectivity index (χ0n) is 12.1. The maximum absolute atomic E-state index is 6.07. The lowest BCUT2D eigenvalue weighted by Gasteiger charge is -2.13. The molecule has 0 saturated heterocycles. The zero-order valence-corrected chi connectivity index (χ0v) is 13.7. The molecular weight excluding hydrogens is 314 g/mol. The van der Waals surface area contributed by atoms with E-state index < -0.39 is 0 Å². The van der Waals surface area contributed by atoms with E-state index in [4.69, 9.17) is 10.5 Å². The van der Waals surface area contributed by atoms with Crippen LogP contribution >= 0.6 is 15.9 Å². The van der Waals surface area contributed by atoms with Gasteiger partial charge in [0.05, 0.1) is 0 Å². The second kappa shape index (κ2) is 6.42. The van der Waals surface area contributed by atoms with Crippen molar-refractivity contribution in [3.05, 3.63) is 57.6 Å². The van der Waals surface area contributed by atoms with Gasteiger partial charge >= 0.3 is 0 Å². The summed E-state index contributed by atoms with van der Waals surface area (Å²) < 4.78 is 7.09. The molecule has 0 spiro atoms. The lowest BCUT2D eigenvalue weighted by molar-refractivity contribution is 0.474. The molecule has 20 heavy (non-hydrogen) atoms. The van der Waals surface area contributed by atoms with Gasteiger partial charge in [0.15, 0.2) is 0 Å². The van der Waals surface area contributed by atoms with E-state index >= 15 is 0 Å². The minimum Gasteiger partial charge on any atom is -0.457 e. The smallest absolute Gasteiger partial charge is 0.131 e. The van der Waals surface area contributed by atoms with Gasteiger partial charge in [-0.2, -0.15) is 0 Å². The van der Waals surface area contributed by atoms with E-state index in [-0.39, 0.29) is 6.04 Å². The molecule has 0 aliphatic heterocycles. The highest BCUT2D eigenvalue weighted by molar-refractivity contribution is 9.10. The minimum absolute atomic E-state index is 0.151. The Bertz CT molecular complexity index is 608. The number of rotatable bonds is 4. The third-order valence-corrected chi connectivity index (χ3v) is 3.67. The van der Waals surface area contributed by atoms with Crippen LogP contribution in [0.3, 0.4) is 0 Å². The molecular formula is C17H20BrNO. The number of halogens is 1. The van der Waals surface area contributed by atoms with Gasteiger partial charge in [0.1, 0.15) is 11.5 Å². The van der Waals surface area contributed by atoms with Crippen molar-refractivity contribution < 1.29 is 4.74 Å². The maximum Gasteiger partial charge on any atom is 0.131 e. The van der Waals surface area contributed by atoms with Gasteiger partial charge in [-0.05, 0) is 62.1 Å². The molecule has 2 N–H and O–H groups in total. The summed E-state index contributed by atoms with van der Waals surface area (Å²) in [7, 11) is 0. The minimum atomic E-state index is 0.151. The Morgan fingerprint density at radius 1 is 1.05 bits per heavy atom. The second-order valence-electron chi connectivity index (χ2n) is 5.29. The van der Waals surface area contributed by atoms with Crippen LogP contribution in [0, 0.1) is 13.8 Å². The Hall–Kier alpha value is -1.32. The predicted octanol–water partition coefficient (Wildman–Crippen LogP) is 4.75. The van der Waals surface area contributed by atoms with E-state index in [1.807, 2.05) is 32.0 Å². The number of hydrogen-bond donors (Lipinski definition) is 1. The molecule has 2 rings (SSSR count). The van der Waals surface area contributed by atoms with Crippen LogP contribution in [0.4, 0.5) is 0 Å². The Labute approximate surface area is 129 Å². The molecule has 0 aliphatic rings. The van der Waals surface area contributed by atoms with Crippen LogP contribution in [0.25, 0.3) is 0 Å². The molecule has 2 nitrogen and oxygen atoms in total. The summed E-state index contributed by atoms with van der Waals surface area (Å²) >= 11 is 3.48. The van der Waals surface area contributed by atoms with E-state index in [1.165, 1.54) is 5.56 Å². The predicted molar refractivity (Wildman–Crippen MR) is 87.5 cm³/mol. The van der Waals surface area contributed by atoms with Crippen molar-refractivity contribution in [1.82, 2.24) is 0 Å². The van der Waals surface area contributed by atoms with Gasteiger partial charge in [-0.25, -0.2) is 0 Å². The quantitative estimate of drug-likeness (QED) is 0.876. The molecule has 2 aromatic carbocycles. The fourth-order valence-electron chi connectivity index (χ4n) is 2.06. The molecule has 1 atom stereocenters. The second-order valence-corrected chi connectivity index (χ2v) is 6.21. The number of ether oxygens (including phenoxy) is 1. The largest absolute Gasteiger partial charge is 0.457 e. The summed E-state index contributed by atoms with van der Waals surface area (Å²) in [6, 6.07) is 12.5. The third-order valence-electron chi connectivity index (χ3n) is 3.18. The van der Waals surface area contributed by atoms with E-state index in [0.717, 1.165) is 33.5 Å².